The first kappa shape index (κ1) is 16.3. The van der Waals surface area contributed by atoms with Gasteiger partial charge in [0.1, 0.15) is 0 Å². The average molecular weight is 294 g/mol. The number of nitrogens with zero attached hydrogens (tertiary/aromatic N) is 2. The minimum absolute atomic E-state index is 0.0873. The smallest absolute Gasteiger partial charge is 0.161 e. The van der Waals surface area contributed by atoms with Crippen LogP contribution in [-0.2, 0) is 6.54 Å². The van der Waals surface area contributed by atoms with E-state index in [-0.39, 0.29) is 11.5 Å². The Kier molecular flexibility index (Phi) is 5.27. The number of hydrogen-bond donors (Lipinski definition) is 2. The highest BCUT2D eigenvalue weighted by molar-refractivity contribution is 5.29. The van der Waals surface area contributed by atoms with Gasteiger partial charge < -0.3 is 4.74 Å². The molecule has 120 valence electrons. The molecule has 2 rings (SSSR count). The molecule has 1 aliphatic rings. The maximum Gasteiger partial charge on any atom is 0.161 e. The first-order chi connectivity index (χ1) is 10.0. The molecule has 1 aromatic heterocycles. The minimum Gasteiger partial charge on any atom is -0.493 e. The predicted octanol–water partition coefficient (Wildman–Crippen LogP) is 3.02. The Balaban J connectivity index is 2.38. The third kappa shape index (κ3) is 3.24. The molecule has 21 heavy (non-hydrogen) atoms. The van der Waals surface area contributed by atoms with Crippen LogP contribution in [0.4, 0.5) is 0 Å². The first-order valence-corrected chi connectivity index (χ1v) is 8.11. The zero-order chi connectivity index (χ0) is 15.5. The lowest BCUT2D eigenvalue weighted by atomic mass is 9.65. The maximum atomic E-state index is 5.96. The van der Waals surface area contributed by atoms with Crippen LogP contribution in [0, 0.1) is 11.3 Å². The summed E-state index contributed by atoms with van der Waals surface area (Å²) in [5, 5.41) is 4.48. The van der Waals surface area contributed by atoms with Gasteiger partial charge in [-0.25, -0.2) is 0 Å². The lowest BCUT2D eigenvalue weighted by Gasteiger charge is -2.43. The zero-order valence-electron chi connectivity index (χ0n) is 13.9. The average Bonchev–Trinajstić information content (AvgIpc) is 2.85. The summed E-state index contributed by atoms with van der Waals surface area (Å²) in [4.78, 5) is 0. The second kappa shape index (κ2) is 6.79. The predicted molar refractivity (Wildman–Crippen MR) is 84.9 cm³/mol. The van der Waals surface area contributed by atoms with Crippen LogP contribution in [0.5, 0.6) is 5.75 Å². The van der Waals surface area contributed by atoms with E-state index >= 15 is 0 Å². The van der Waals surface area contributed by atoms with Crippen LogP contribution < -0.4 is 16.0 Å². The monoisotopic (exact) mass is 294 g/mol. The van der Waals surface area contributed by atoms with E-state index in [9.17, 15) is 0 Å². The molecule has 0 saturated heterocycles. The molecule has 5 nitrogen and oxygen atoms in total. The quantitative estimate of drug-likeness (QED) is 0.625. The highest BCUT2D eigenvalue weighted by Gasteiger charge is 2.40. The molecular formula is C16H30N4O. The van der Waals surface area contributed by atoms with Crippen LogP contribution in [0.2, 0.25) is 0 Å². The summed E-state index contributed by atoms with van der Waals surface area (Å²) in [5.74, 6) is 7.30. The summed E-state index contributed by atoms with van der Waals surface area (Å²) in [6, 6.07) is 0.0873. The number of hydrogen-bond acceptors (Lipinski definition) is 4. The van der Waals surface area contributed by atoms with Crippen molar-refractivity contribution in [3.63, 3.8) is 0 Å². The van der Waals surface area contributed by atoms with Crippen molar-refractivity contribution < 1.29 is 4.74 Å². The molecule has 2 atom stereocenters. The Morgan fingerprint density at radius 3 is 2.86 bits per heavy atom. The van der Waals surface area contributed by atoms with Gasteiger partial charge in [0.25, 0.3) is 0 Å². The van der Waals surface area contributed by atoms with Crippen LogP contribution >= 0.6 is 0 Å². The summed E-state index contributed by atoms with van der Waals surface area (Å²) < 4.78 is 7.58. The fraction of sp³-hybridized carbons (Fsp3) is 0.812. The molecule has 0 spiro atoms. The van der Waals surface area contributed by atoms with Crippen molar-refractivity contribution >= 4 is 0 Å². The molecule has 0 radical (unpaired) electrons. The van der Waals surface area contributed by atoms with Crippen LogP contribution in [0.15, 0.2) is 6.20 Å². The molecule has 1 fully saturated rings. The van der Waals surface area contributed by atoms with Gasteiger partial charge in [0.15, 0.2) is 5.75 Å². The molecular weight excluding hydrogens is 264 g/mol. The molecule has 0 bridgehead atoms. The van der Waals surface area contributed by atoms with Gasteiger partial charge in [-0.3, -0.25) is 16.0 Å². The van der Waals surface area contributed by atoms with Gasteiger partial charge in [0.05, 0.1) is 25.0 Å². The summed E-state index contributed by atoms with van der Waals surface area (Å²) >= 11 is 0. The summed E-state index contributed by atoms with van der Waals surface area (Å²) in [6.07, 6.45) is 7.89. The van der Waals surface area contributed by atoms with Gasteiger partial charge in [-0.1, -0.05) is 33.6 Å². The summed E-state index contributed by atoms with van der Waals surface area (Å²) in [5.41, 5.74) is 4.44. The number of aromatic nitrogens is 2. The van der Waals surface area contributed by atoms with Crippen molar-refractivity contribution in [2.75, 3.05) is 7.11 Å². The Morgan fingerprint density at radius 1 is 1.52 bits per heavy atom. The van der Waals surface area contributed by atoms with E-state index in [1.807, 2.05) is 10.9 Å². The van der Waals surface area contributed by atoms with Crippen LogP contribution in [0.3, 0.4) is 0 Å². The highest BCUT2D eigenvalue weighted by atomic mass is 16.5. The van der Waals surface area contributed by atoms with Gasteiger partial charge in [-0.15, -0.1) is 0 Å². The normalized spacial score (nSPS) is 23.0. The number of nitrogens with one attached hydrogen (secondary N) is 1. The molecule has 3 N–H and O–H groups in total. The molecule has 1 aliphatic carbocycles. The number of methoxy groups -OCH3 is 1. The molecule has 1 saturated carbocycles. The fourth-order valence-electron chi connectivity index (χ4n) is 3.76. The third-order valence-corrected chi connectivity index (χ3v) is 4.97. The van der Waals surface area contributed by atoms with Gasteiger partial charge in [-0.05, 0) is 30.6 Å². The lowest BCUT2D eigenvalue weighted by Crippen LogP contribution is -2.42. The van der Waals surface area contributed by atoms with Gasteiger partial charge in [0, 0.05) is 6.54 Å². The van der Waals surface area contributed by atoms with Crippen LogP contribution in [0.25, 0.3) is 0 Å². The van der Waals surface area contributed by atoms with Crippen molar-refractivity contribution in [1.82, 2.24) is 15.2 Å². The third-order valence-electron chi connectivity index (χ3n) is 4.97. The van der Waals surface area contributed by atoms with E-state index in [0.717, 1.165) is 24.4 Å². The molecule has 5 heteroatoms. The van der Waals surface area contributed by atoms with Crippen molar-refractivity contribution in [3.05, 3.63) is 11.9 Å². The minimum atomic E-state index is 0.0873. The van der Waals surface area contributed by atoms with E-state index in [0.29, 0.717) is 5.92 Å². The van der Waals surface area contributed by atoms with Gasteiger partial charge in [-0.2, -0.15) is 5.10 Å². The lowest BCUT2D eigenvalue weighted by molar-refractivity contribution is 0.0935. The Hall–Kier alpha value is -1.07. The summed E-state index contributed by atoms with van der Waals surface area (Å²) in [7, 11) is 1.70. The second-order valence-electron chi connectivity index (χ2n) is 6.81. The zero-order valence-corrected chi connectivity index (χ0v) is 13.9. The first-order valence-electron chi connectivity index (χ1n) is 8.11. The largest absolute Gasteiger partial charge is 0.493 e. The molecule has 0 amide bonds. The topological polar surface area (TPSA) is 65.1 Å². The number of ether oxygens (including phenoxy) is 1. The Labute approximate surface area is 128 Å². The number of hydrazine groups is 1. The Morgan fingerprint density at radius 2 is 2.29 bits per heavy atom. The van der Waals surface area contributed by atoms with E-state index in [4.69, 9.17) is 10.6 Å². The molecule has 1 aromatic rings. The van der Waals surface area contributed by atoms with E-state index in [1.165, 1.54) is 25.7 Å². The Bertz CT molecular complexity index is 455. The van der Waals surface area contributed by atoms with E-state index in [2.05, 4.69) is 31.3 Å². The van der Waals surface area contributed by atoms with Crippen molar-refractivity contribution in [1.29, 1.82) is 0 Å². The number of aryl methyl sites for hydroxylation is 1. The van der Waals surface area contributed by atoms with Crippen LogP contribution in [0.1, 0.15) is 64.6 Å². The van der Waals surface area contributed by atoms with Crippen molar-refractivity contribution in [2.45, 2.75) is 65.5 Å². The van der Waals surface area contributed by atoms with Crippen molar-refractivity contribution in [2.24, 2.45) is 17.2 Å². The van der Waals surface area contributed by atoms with Gasteiger partial charge in [0.2, 0.25) is 0 Å². The fourth-order valence-corrected chi connectivity index (χ4v) is 3.76. The highest BCUT2D eigenvalue weighted by Crippen LogP contribution is 2.47. The van der Waals surface area contributed by atoms with E-state index < -0.39 is 0 Å². The summed E-state index contributed by atoms with van der Waals surface area (Å²) in [6.45, 7) is 7.76. The molecule has 0 aliphatic heterocycles. The maximum absolute atomic E-state index is 5.96. The SMILES string of the molecule is CCCn1ncc(OC)c1C(NN)C1CCCCC1(C)C. The molecule has 1 heterocycles. The second-order valence-corrected chi connectivity index (χ2v) is 6.81. The molecule has 0 aromatic carbocycles. The standard InChI is InChI=1S/C16H30N4O/c1-5-10-20-15(13(21-4)11-18-20)14(19-17)12-8-6-7-9-16(12,2)3/h11-12,14,19H,5-10,17H2,1-4H3. The number of rotatable bonds is 6. The van der Waals surface area contributed by atoms with E-state index in [1.54, 1.807) is 7.11 Å². The van der Waals surface area contributed by atoms with Crippen LogP contribution in [-0.4, -0.2) is 16.9 Å². The molecule has 2 unspecified atom stereocenters. The number of nitrogens with two attached hydrogens (primary N) is 1. The van der Waals surface area contributed by atoms with Crippen molar-refractivity contribution in [3.8, 4) is 5.75 Å². The van der Waals surface area contributed by atoms with Gasteiger partial charge >= 0.3 is 0 Å².